The van der Waals surface area contributed by atoms with E-state index in [1.807, 2.05) is 35.2 Å². The Morgan fingerprint density at radius 2 is 1.86 bits per heavy atom. The van der Waals surface area contributed by atoms with Crippen molar-refractivity contribution < 1.29 is 0 Å². The van der Waals surface area contributed by atoms with E-state index in [0.29, 0.717) is 26.4 Å². The van der Waals surface area contributed by atoms with E-state index in [1.54, 1.807) is 12.1 Å². The van der Waals surface area contributed by atoms with Crippen molar-refractivity contribution in [2.75, 3.05) is 5.32 Å². The maximum absolute atomic E-state index is 11.4. The van der Waals surface area contributed by atoms with Gasteiger partial charge in [0.25, 0.3) is 5.56 Å². The van der Waals surface area contributed by atoms with Crippen molar-refractivity contribution >= 4 is 45.4 Å². The summed E-state index contributed by atoms with van der Waals surface area (Å²) >= 11 is 13.6. The monoisotopic (exact) mass is 350 g/mol. The van der Waals surface area contributed by atoms with Gasteiger partial charge in [0, 0.05) is 18.1 Å². The van der Waals surface area contributed by atoms with Gasteiger partial charge in [-0.1, -0.05) is 23.2 Å². The minimum atomic E-state index is -0.420. The molecule has 0 radical (unpaired) electrons. The van der Waals surface area contributed by atoms with E-state index in [9.17, 15) is 4.79 Å². The van der Waals surface area contributed by atoms with Crippen LogP contribution in [-0.4, -0.2) is 8.94 Å². The fraction of sp³-hybridized carbons (Fsp3) is 0. The summed E-state index contributed by atoms with van der Waals surface area (Å²) in [6.45, 7) is 0. The Morgan fingerprint density at radius 3 is 2.45 bits per heavy atom. The highest BCUT2D eigenvalue weighted by Gasteiger charge is 2.13. The van der Waals surface area contributed by atoms with E-state index >= 15 is 0 Å². The molecule has 2 N–H and O–H groups in total. The van der Waals surface area contributed by atoms with Gasteiger partial charge < -0.3 is 9.88 Å². The molecule has 0 saturated carbocycles. The highest BCUT2D eigenvalue weighted by Crippen LogP contribution is 2.34. The topological polar surface area (TPSA) is 73.6 Å². The van der Waals surface area contributed by atoms with Gasteiger partial charge in [-0.15, -0.1) is 0 Å². The van der Waals surface area contributed by atoms with Crippen molar-refractivity contribution in [3.8, 4) is 11.8 Å². The number of nitrogens with zero attached hydrogens (tertiary/aromatic N) is 2. The molecule has 0 fully saturated rings. The molecule has 0 saturated heterocycles. The highest BCUT2D eigenvalue weighted by atomic mass is 35.5. The third-order valence-corrected chi connectivity index (χ3v) is 4.32. The second kappa shape index (κ2) is 5.89. The van der Waals surface area contributed by atoms with E-state index in [0.717, 1.165) is 11.5 Å². The number of benzene rings is 1. The first-order chi connectivity index (χ1) is 10.6. The Labute approximate surface area is 139 Å². The summed E-state index contributed by atoms with van der Waals surface area (Å²) in [6, 6.07) is 8.98. The van der Waals surface area contributed by atoms with Crippen molar-refractivity contribution in [3.63, 3.8) is 0 Å². The Balaban J connectivity index is 2.00. The van der Waals surface area contributed by atoms with Gasteiger partial charge in [-0.2, -0.15) is 5.26 Å². The maximum atomic E-state index is 11.4. The summed E-state index contributed by atoms with van der Waals surface area (Å²) in [7, 11) is 0. The molecule has 2 aromatic heterocycles. The largest absolute Gasteiger partial charge is 0.345 e. The van der Waals surface area contributed by atoms with Gasteiger partial charge in [0.15, 0.2) is 5.56 Å². The average Bonchev–Trinajstić information content (AvgIpc) is 3.09. The normalized spacial score (nSPS) is 10.4. The van der Waals surface area contributed by atoms with E-state index < -0.39 is 5.56 Å². The molecule has 3 rings (SSSR count). The molecule has 0 bridgehead atoms. The predicted octanol–water partition coefficient (Wildman–Crippen LogP) is 4.15. The van der Waals surface area contributed by atoms with Crippen molar-refractivity contribution in [1.82, 2.24) is 8.94 Å². The van der Waals surface area contributed by atoms with Gasteiger partial charge in [0.05, 0.1) is 15.7 Å². The van der Waals surface area contributed by atoms with Crippen LogP contribution in [0.1, 0.15) is 5.56 Å². The van der Waals surface area contributed by atoms with Crippen LogP contribution in [0.4, 0.5) is 10.7 Å². The van der Waals surface area contributed by atoms with Crippen LogP contribution < -0.4 is 10.9 Å². The minimum absolute atomic E-state index is 0.0340. The fourth-order valence-corrected chi connectivity index (χ4v) is 3.38. The molecule has 0 atom stereocenters. The molecule has 0 aliphatic heterocycles. The molecule has 0 amide bonds. The molecule has 8 heteroatoms. The van der Waals surface area contributed by atoms with E-state index in [1.165, 1.54) is 0 Å². The first-order valence-corrected chi connectivity index (χ1v) is 7.68. The first kappa shape index (κ1) is 14.7. The number of aromatic amines is 1. The zero-order valence-corrected chi connectivity index (χ0v) is 13.3. The van der Waals surface area contributed by atoms with Gasteiger partial charge in [-0.25, -0.2) is 0 Å². The van der Waals surface area contributed by atoms with Crippen molar-refractivity contribution in [2.24, 2.45) is 0 Å². The summed E-state index contributed by atoms with van der Waals surface area (Å²) in [4.78, 5) is 11.4. The number of aromatic nitrogens is 2. The standard InChI is InChI=1S/C14H8Cl2N4OS/c15-10-5-8(18-14-9(7-17)13(21)19-22-14)6-11(16)12(10)20-3-1-2-4-20/h1-6,18H,(H,19,21). The van der Waals surface area contributed by atoms with Gasteiger partial charge in [0.2, 0.25) is 0 Å². The number of H-pyrrole nitrogens is 1. The lowest BCUT2D eigenvalue weighted by Gasteiger charge is -2.11. The molecular weight excluding hydrogens is 343 g/mol. The number of anilines is 2. The number of hydrogen-bond donors (Lipinski definition) is 2. The zero-order chi connectivity index (χ0) is 15.7. The van der Waals surface area contributed by atoms with E-state index in [-0.39, 0.29) is 5.56 Å². The quantitative estimate of drug-likeness (QED) is 0.745. The molecule has 2 heterocycles. The maximum Gasteiger partial charge on any atom is 0.278 e. The van der Waals surface area contributed by atoms with Gasteiger partial charge in [-0.05, 0) is 35.8 Å². The van der Waals surface area contributed by atoms with Crippen molar-refractivity contribution in [1.29, 1.82) is 5.26 Å². The molecule has 22 heavy (non-hydrogen) atoms. The summed E-state index contributed by atoms with van der Waals surface area (Å²) in [5, 5.41) is 13.3. The molecule has 5 nitrogen and oxygen atoms in total. The van der Waals surface area contributed by atoms with Crippen LogP contribution in [0.25, 0.3) is 5.69 Å². The van der Waals surface area contributed by atoms with E-state index in [4.69, 9.17) is 28.5 Å². The van der Waals surface area contributed by atoms with Crippen molar-refractivity contribution in [3.05, 3.63) is 62.6 Å². The summed E-state index contributed by atoms with van der Waals surface area (Å²) in [5.41, 5.74) is 0.877. The zero-order valence-electron chi connectivity index (χ0n) is 10.9. The smallest absolute Gasteiger partial charge is 0.278 e. The second-order valence-corrected chi connectivity index (χ2v) is 5.98. The van der Waals surface area contributed by atoms with Gasteiger partial charge in [-0.3, -0.25) is 9.17 Å². The molecule has 0 unspecified atom stereocenters. The molecule has 0 aliphatic rings. The summed E-state index contributed by atoms with van der Waals surface area (Å²) in [6.07, 6.45) is 3.68. The highest BCUT2D eigenvalue weighted by molar-refractivity contribution is 7.10. The molecular formula is C14H8Cl2N4OS. The number of halogens is 2. The summed E-state index contributed by atoms with van der Waals surface area (Å²) in [5.74, 6) is 0. The lowest BCUT2D eigenvalue weighted by molar-refractivity contribution is 1.08. The second-order valence-electron chi connectivity index (χ2n) is 4.35. The fourth-order valence-electron chi connectivity index (χ4n) is 1.99. The minimum Gasteiger partial charge on any atom is -0.345 e. The molecule has 0 spiro atoms. The average molecular weight is 351 g/mol. The van der Waals surface area contributed by atoms with Crippen molar-refractivity contribution in [2.45, 2.75) is 0 Å². The molecule has 3 aromatic rings. The SMILES string of the molecule is N#Cc1c(Nc2cc(Cl)c(-n3cccc3)c(Cl)c2)s[nH]c1=O. The Morgan fingerprint density at radius 1 is 1.23 bits per heavy atom. The first-order valence-electron chi connectivity index (χ1n) is 6.11. The van der Waals surface area contributed by atoms with E-state index in [2.05, 4.69) is 9.69 Å². The van der Waals surface area contributed by atoms with Gasteiger partial charge in [0.1, 0.15) is 11.1 Å². The van der Waals surface area contributed by atoms with Gasteiger partial charge >= 0.3 is 0 Å². The predicted molar refractivity (Wildman–Crippen MR) is 88.7 cm³/mol. The third-order valence-electron chi connectivity index (χ3n) is 2.95. The summed E-state index contributed by atoms with van der Waals surface area (Å²) < 4.78 is 4.31. The Hall–Kier alpha value is -2.20. The molecule has 0 aliphatic carbocycles. The molecule has 1 aromatic carbocycles. The molecule has 110 valence electrons. The number of hydrogen-bond acceptors (Lipinski definition) is 4. The third kappa shape index (κ3) is 2.62. The van der Waals surface area contributed by atoms with Crippen LogP contribution >= 0.6 is 34.7 Å². The number of rotatable bonds is 3. The lowest BCUT2D eigenvalue weighted by atomic mass is 10.2. The van der Waals surface area contributed by atoms with Crippen LogP contribution in [-0.2, 0) is 0 Å². The Kier molecular flexibility index (Phi) is 3.94. The van der Waals surface area contributed by atoms with Crippen LogP contribution in [0, 0.1) is 11.3 Å². The Bertz CT molecular complexity index is 898. The van der Waals surface area contributed by atoms with Crippen LogP contribution in [0.2, 0.25) is 10.0 Å². The van der Waals surface area contributed by atoms with Crippen LogP contribution in [0.5, 0.6) is 0 Å². The lowest BCUT2D eigenvalue weighted by Crippen LogP contribution is -2.03. The van der Waals surface area contributed by atoms with Crippen LogP contribution in [0.15, 0.2) is 41.5 Å². The number of nitrogens with one attached hydrogen (secondary N) is 2. The number of nitriles is 1. The van der Waals surface area contributed by atoms with Crippen LogP contribution in [0.3, 0.4) is 0 Å².